The van der Waals surface area contributed by atoms with Gasteiger partial charge >= 0.3 is 0 Å². The molecule has 4 nitrogen and oxygen atoms in total. The number of nitrogens with zero attached hydrogens (tertiary/aromatic N) is 1. The smallest absolute Gasteiger partial charge is 0.222 e. The van der Waals surface area contributed by atoms with Crippen LogP contribution in [0, 0.1) is 6.07 Å². The maximum Gasteiger partial charge on any atom is 0.222 e. The molecule has 0 aromatic heterocycles. The van der Waals surface area contributed by atoms with Crippen molar-refractivity contribution in [3.05, 3.63) is 30.3 Å². The molecular formula is C14H19N2O2. The first-order valence-corrected chi connectivity index (χ1v) is 6.42. The zero-order chi connectivity index (χ0) is 12.6. The molecule has 1 N–H and O–H groups in total. The average molecular weight is 247 g/mol. The van der Waals surface area contributed by atoms with E-state index in [-0.39, 0.29) is 5.91 Å². The van der Waals surface area contributed by atoms with E-state index in [2.05, 4.69) is 11.4 Å². The highest BCUT2D eigenvalue weighted by Gasteiger charge is 2.15. The van der Waals surface area contributed by atoms with Gasteiger partial charge in [-0.25, -0.2) is 0 Å². The summed E-state index contributed by atoms with van der Waals surface area (Å²) in [5.74, 6) is 0.233. The largest absolute Gasteiger partial charge is 0.385 e. The van der Waals surface area contributed by atoms with Gasteiger partial charge in [-0.05, 0) is 12.5 Å². The lowest BCUT2D eigenvalue weighted by Crippen LogP contribution is -2.40. The molecule has 1 radical (unpaired) electrons. The maximum absolute atomic E-state index is 11.8. The minimum absolute atomic E-state index is 0.233. The monoisotopic (exact) mass is 247 g/mol. The summed E-state index contributed by atoms with van der Waals surface area (Å²) >= 11 is 0. The highest BCUT2D eigenvalue weighted by molar-refractivity contribution is 5.76. The minimum Gasteiger partial charge on any atom is -0.385 e. The second-order valence-corrected chi connectivity index (χ2v) is 4.30. The Kier molecular flexibility index (Phi) is 5.02. The van der Waals surface area contributed by atoms with Crippen LogP contribution < -0.4 is 5.32 Å². The number of para-hydroxylation sites is 1. The van der Waals surface area contributed by atoms with Gasteiger partial charge in [0.05, 0.1) is 13.2 Å². The molecule has 0 atom stereocenters. The summed E-state index contributed by atoms with van der Waals surface area (Å²) in [4.78, 5) is 13.7. The third-order valence-corrected chi connectivity index (χ3v) is 2.96. The first-order valence-electron chi connectivity index (χ1n) is 6.42. The average Bonchev–Trinajstić information content (AvgIpc) is 2.45. The number of hydrogen-bond donors (Lipinski definition) is 1. The summed E-state index contributed by atoms with van der Waals surface area (Å²) in [7, 11) is 0. The van der Waals surface area contributed by atoms with Crippen molar-refractivity contribution in [3.63, 3.8) is 0 Å². The Balaban J connectivity index is 1.61. The number of benzene rings is 1. The van der Waals surface area contributed by atoms with Gasteiger partial charge in [0.25, 0.3) is 0 Å². The fourth-order valence-electron chi connectivity index (χ4n) is 1.94. The Bertz CT molecular complexity index is 361. The predicted molar refractivity (Wildman–Crippen MR) is 70.4 cm³/mol. The van der Waals surface area contributed by atoms with E-state index < -0.39 is 0 Å². The Morgan fingerprint density at radius 2 is 2.22 bits per heavy atom. The van der Waals surface area contributed by atoms with Crippen molar-refractivity contribution in [2.75, 3.05) is 38.2 Å². The van der Waals surface area contributed by atoms with Crippen LogP contribution in [0.15, 0.2) is 24.3 Å². The molecule has 0 spiro atoms. The second kappa shape index (κ2) is 7.01. The Morgan fingerprint density at radius 1 is 1.39 bits per heavy atom. The first kappa shape index (κ1) is 12.9. The zero-order valence-electron chi connectivity index (χ0n) is 10.5. The molecule has 1 aromatic rings. The summed E-state index contributed by atoms with van der Waals surface area (Å²) < 4.78 is 5.22. The van der Waals surface area contributed by atoms with Gasteiger partial charge in [0.2, 0.25) is 5.91 Å². The van der Waals surface area contributed by atoms with E-state index in [0.29, 0.717) is 19.6 Å². The van der Waals surface area contributed by atoms with Crippen LogP contribution in [-0.4, -0.2) is 43.7 Å². The molecule has 1 heterocycles. The van der Waals surface area contributed by atoms with E-state index in [1.165, 1.54) is 0 Å². The summed E-state index contributed by atoms with van der Waals surface area (Å²) in [5.41, 5.74) is 0.983. The normalized spacial score (nSPS) is 15.4. The number of carbonyl (C=O) groups is 1. The number of morpholine rings is 1. The first-order chi connectivity index (χ1) is 8.86. The molecule has 97 valence electrons. The molecular weight excluding hydrogens is 228 g/mol. The fourth-order valence-corrected chi connectivity index (χ4v) is 1.94. The van der Waals surface area contributed by atoms with Crippen molar-refractivity contribution in [3.8, 4) is 0 Å². The van der Waals surface area contributed by atoms with Crippen molar-refractivity contribution >= 4 is 11.6 Å². The Morgan fingerprint density at radius 3 is 2.94 bits per heavy atom. The van der Waals surface area contributed by atoms with Gasteiger partial charge in [-0.2, -0.15) is 0 Å². The maximum atomic E-state index is 11.8. The van der Waals surface area contributed by atoms with Crippen LogP contribution in [0.3, 0.4) is 0 Å². The molecule has 4 heteroatoms. The minimum atomic E-state index is 0.233. The van der Waals surface area contributed by atoms with Crippen LogP contribution in [0.4, 0.5) is 5.69 Å². The number of hydrogen-bond acceptors (Lipinski definition) is 3. The SMILES string of the molecule is O=C(CCCNc1[c]cccc1)N1CCOCC1. The molecule has 0 aliphatic carbocycles. The highest BCUT2D eigenvalue weighted by atomic mass is 16.5. The van der Waals surface area contributed by atoms with Crippen LogP contribution in [0.25, 0.3) is 0 Å². The van der Waals surface area contributed by atoms with Crippen molar-refractivity contribution < 1.29 is 9.53 Å². The van der Waals surface area contributed by atoms with Crippen molar-refractivity contribution in [2.45, 2.75) is 12.8 Å². The third-order valence-electron chi connectivity index (χ3n) is 2.96. The van der Waals surface area contributed by atoms with E-state index in [4.69, 9.17) is 4.74 Å². The Hall–Kier alpha value is -1.55. The predicted octanol–water partition coefficient (Wildman–Crippen LogP) is 1.54. The van der Waals surface area contributed by atoms with Gasteiger partial charge in [0, 0.05) is 37.8 Å². The molecule has 1 aliphatic rings. The topological polar surface area (TPSA) is 41.6 Å². The molecule has 2 rings (SSSR count). The van der Waals surface area contributed by atoms with E-state index in [9.17, 15) is 4.79 Å². The number of amides is 1. The summed E-state index contributed by atoms with van der Waals surface area (Å²) in [5, 5.41) is 3.25. The van der Waals surface area contributed by atoms with Gasteiger partial charge in [-0.3, -0.25) is 4.79 Å². The third kappa shape index (κ3) is 4.04. The van der Waals surface area contributed by atoms with Crippen LogP contribution in [0.1, 0.15) is 12.8 Å². The summed E-state index contributed by atoms with van der Waals surface area (Å²) in [6, 6.07) is 10.9. The van der Waals surface area contributed by atoms with Gasteiger partial charge in [-0.15, -0.1) is 0 Å². The highest BCUT2D eigenvalue weighted by Crippen LogP contribution is 2.06. The molecule has 1 aliphatic heterocycles. The van der Waals surface area contributed by atoms with Crippen LogP contribution in [-0.2, 0) is 9.53 Å². The molecule has 0 unspecified atom stereocenters. The molecule has 1 amide bonds. The lowest BCUT2D eigenvalue weighted by Gasteiger charge is -2.26. The number of nitrogens with one attached hydrogen (secondary N) is 1. The van der Waals surface area contributed by atoms with Gasteiger partial charge < -0.3 is 15.0 Å². The van der Waals surface area contributed by atoms with Crippen molar-refractivity contribution in [2.24, 2.45) is 0 Å². The van der Waals surface area contributed by atoms with Crippen molar-refractivity contribution in [1.82, 2.24) is 4.90 Å². The molecule has 1 saturated heterocycles. The van der Waals surface area contributed by atoms with Gasteiger partial charge in [0.1, 0.15) is 0 Å². The quantitative estimate of drug-likeness (QED) is 0.802. The van der Waals surface area contributed by atoms with E-state index in [0.717, 1.165) is 31.7 Å². The number of rotatable bonds is 5. The second-order valence-electron chi connectivity index (χ2n) is 4.30. The molecule has 1 aromatic carbocycles. The lowest BCUT2D eigenvalue weighted by molar-refractivity contribution is -0.135. The van der Waals surface area contributed by atoms with Crippen LogP contribution in [0.5, 0.6) is 0 Å². The Labute approximate surface area is 108 Å². The van der Waals surface area contributed by atoms with E-state index in [1.54, 1.807) is 0 Å². The van der Waals surface area contributed by atoms with E-state index >= 15 is 0 Å². The summed E-state index contributed by atoms with van der Waals surface area (Å²) in [6.07, 6.45) is 1.44. The van der Waals surface area contributed by atoms with Crippen LogP contribution >= 0.6 is 0 Å². The lowest BCUT2D eigenvalue weighted by atomic mass is 10.2. The number of anilines is 1. The fraction of sp³-hybridized carbons (Fsp3) is 0.500. The van der Waals surface area contributed by atoms with Gasteiger partial charge in [0.15, 0.2) is 0 Å². The molecule has 0 bridgehead atoms. The number of ether oxygens (including phenoxy) is 1. The van der Waals surface area contributed by atoms with Crippen LogP contribution in [0.2, 0.25) is 0 Å². The molecule has 1 fully saturated rings. The standard InChI is InChI=1S/C14H19N2O2/c17-14(16-9-11-18-12-10-16)7-4-8-15-13-5-2-1-3-6-13/h1-3,5,15H,4,7-12H2. The molecule has 0 saturated carbocycles. The summed E-state index contributed by atoms with van der Waals surface area (Å²) in [6.45, 7) is 3.61. The molecule has 18 heavy (non-hydrogen) atoms. The zero-order valence-corrected chi connectivity index (χ0v) is 10.5. The number of carbonyl (C=O) groups excluding carboxylic acids is 1. The van der Waals surface area contributed by atoms with Crippen molar-refractivity contribution in [1.29, 1.82) is 0 Å². The van der Waals surface area contributed by atoms with Gasteiger partial charge in [-0.1, -0.05) is 18.2 Å². The van der Waals surface area contributed by atoms with E-state index in [1.807, 2.05) is 29.2 Å².